The molecule has 148 valence electrons. The van der Waals surface area contributed by atoms with Crippen molar-refractivity contribution < 1.29 is 36.8 Å². The number of anilines is 1. The van der Waals surface area contributed by atoms with Gasteiger partial charge in [0.2, 0.25) is 0 Å². The number of non-ortho nitro benzene ring substituents is 1. The average molecular weight is 400 g/mol. The fourth-order valence-electron chi connectivity index (χ4n) is 2.17. The monoisotopic (exact) mass is 400 g/mol. The van der Waals surface area contributed by atoms with E-state index in [-0.39, 0.29) is 11.6 Å². The van der Waals surface area contributed by atoms with Crippen LogP contribution in [0.4, 0.5) is 28.9 Å². The molecule has 0 saturated heterocycles. The lowest BCUT2D eigenvalue weighted by Crippen LogP contribution is -2.23. The smallest absolute Gasteiger partial charge is 0.418 e. The number of nitrogens with one attached hydrogen (secondary N) is 1. The van der Waals surface area contributed by atoms with Crippen molar-refractivity contribution >= 4 is 23.3 Å². The highest BCUT2D eigenvalue weighted by molar-refractivity contribution is 5.93. The van der Waals surface area contributed by atoms with Crippen molar-refractivity contribution in [2.75, 3.05) is 11.9 Å². The molecule has 0 aliphatic heterocycles. The Morgan fingerprint density at radius 2 is 1.82 bits per heavy atom. The van der Waals surface area contributed by atoms with Gasteiger partial charge in [0, 0.05) is 12.1 Å². The van der Waals surface area contributed by atoms with Gasteiger partial charge in [-0.2, -0.15) is 13.2 Å². The van der Waals surface area contributed by atoms with E-state index in [0.29, 0.717) is 0 Å². The average Bonchev–Trinajstić information content (AvgIpc) is 2.61. The van der Waals surface area contributed by atoms with Crippen LogP contribution < -0.4 is 5.32 Å². The molecule has 2 aromatic carbocycles. The third kappa shape index (κ3) is 5.50. The Morgan fingerprint density at radius 1 is 1.14 bits per heavy atom. The number of rotatable bonds is 6. The first kappa shape index (κ1) is 20.8. The lowest BCUT2D eigenvalue weighted by Gasteiger charge is -2.13. The van der Waals surface area contributed by atoms with Crippen LogP contribution in [-0.2, 0) is 26.9 Å². The molecule has 0 atom stereocenters. The number of alkyl halides is 3. The van der Waals surface area contributed by atoms with Crippen molar-refractivity contribution in [2.45, 2.75) is 12.6 Å². The molecule has 0 bridgehead atoms. The number of nitro groups is 1. The minimum Gasteiger partial charge on any atom is -0.455 e. The molecule has 0 aromatic heterocycles. The van der Waals surface area contributed by atoms with Gasteiger partial charge >= 0.3 is 12.1 Å². The first-order chi connectivity index (χ1) is 13.1. The molecule has 0 aliphatic carbocycles. The Bertz CT molecular complexity index is 915. The number of benzene rings is 2. The summed E-state index contributed by atoms with van der Waals surface area (Å²) in [6.07, 6.45) is -5.43. The fraction of sp³-hybridized carbons (Fsp3) is 0.176. The first-order valence-corrected chi connectivity index (χ1v) is 7.62. The number of nitro benzene ring substituents is 1. The van der Waals surface area contributed by atoms with E-state index in [2.05, 4.69) is 4.74 Å². The molecule has 2 aromatic rings. The molecule has 0 unspecified atom stereocenters. The molecule has 7 nitrogen and oxygen atoms in total. The highest BCUT2D eigenvalue weighted by Gasteiger charge is 2.35. The highest BCUT2D eigenvalue weighted by atomic mass is 19.4. The van der Waals surface area contributed by atoms with E-state index in [4.69, 9.17) is 0 Å². The normalized spacial score (nSPS) is 11.0. The lowest BCUT2D eigenvalue weighted by molar-refractivity contribution is -0.385. The van der Waals surface area contributed by atoms with Crippen LogP contribution in [0.25, 0.3) is 0 Å². The lowest BCUT2D eigenvalue weighted by atomic mass is 10.1. The number of hydrogen-bond acceptors (Lipinski definition) is 5. The maximum absolute atomic E-state index is 13.4. The van der Waals surface area contributed by atoms with Gasteiger partial charge in [-0.15, -0.1) is 0 Å². The van der Waals surface area contributed by atoms with Crippen molar-refractivity contribution in [3.8, 4) is 0 Å². The maximum Gasteiger partial charge on any atom is 0.418 e. The zero-order valence-corrected chi connectivity index (χ0v) is 14.0. The maximum atomic E-state index is 13.4. The Morgan fingerprint density at radius 3 is 2.43 bits per heavy atom. The van der Waals surface area contributed by atoms with Crippen LogP contribution in [0.2, 0.25) is 0 Å². The van der Waals surface area contributed by atoms with Gasteiger partial charge in [-0.05, 0) is 17.7 Å². The molecule has 11 heteroatoms. The third-order valence-electron chi connectivity index (χ3n) is 3.45. The fourth-order valence-corrected chi connectivity index (χ4v) is 2.17. The van der Waals surface area contributed by atoms with Crippen LogP contribution in [0, 0.1) is 15.9 Å². The number of hydrogen-bond donors (Lipinski definition) is 1. The van der Waals surface area contributed by atoms with E-state index in [1.165, 1.54) is 18.2 Å². The number of esters is 1. The largest absolute Gasteiger partial charge is 0.455 e. The molecule has 28 heavy (non-hydrogen) atoms. The highest BCUT2D eigenvalue weighted by Crippen LogP contribution is 2.37. The molecule has 0 radical (unpaired) electrons. The van der Waals surface area contributed by atoms with Gasteiger partial charge < -0.3 is 10.1 Å². The Labute approximate surface area is 155 Å². The summed E-state index contributed by atoms with van der Waals surface area (Å²) in [5, 5.41) is 12.5. The van der Waals surface area contributed by atoms with Crippen molar-refractivity contribution in [2.24, 2.45) is 0 Å². The van der Waals surface area contributed by atoms with Crippen LogP contribution in [0.1, 0.15) is 11.1 Å². The van der Waals surface area contributed by atoms with E-state index < -0.39 is 58.8 Å². The molecule has 0 aliphatic rings. The predicted octanol–water partition coefficient (Wildman–Crippen LogP) is 3.48. The molecule has 0 saturated carbocycles. The first-order valence-electron chi connectivity index (χ1n) is 7.62. The molecule has 0 fully saturated rings. The second-order valence-electron chi connectivity index (χ2n) is 5.46. The van der Waals surface area contributed by atoms with E-state index in [1.54, 1.807) is 0 Å². The van der Waals surface area contributed by atoms with Crippen molar-refractivity contribution in [3.63, 3.8) is 0 Å². The molecule has 0 spiro atoms. The minimum absolute atomic E-state index is 0.0302. The van der Waals surface area contributed by atoms with Crippen LogP contribution in [-0.4, -0.2) is 23.4 Å². The SMILES string of the molecule is O=C(COC(=O)Cc1ccccc1F)Nc1ccc([N+](=O)[O-])cc1C(F)(F)F. The minimum atomic E-state index is -4.96. The summed E-state index contributed by atoms with van der Waals surface area (Å²) in [6.45, 7) is -0.915. The number of amides is 1. The summed E-state index contributed by atoms with van der Waals surface area (Å²) < 4.78 is 57.2. The van der Waals surface area contributed by atoms with Gasteiger partial charge in [0.25, 0.3) is 11.6 Å². The molecule has 1 N–H and O–H groups in total. The summed E-state index contributed by atoms with van der Waals surface area (Å²) in [5.41, 5.74) is -2.93. The van der Waals surface area contributed by atoms with Crippen LogP contribution in [0.3, 0.4) is 0 Å². The van der Waals surface area contributed by atoms with E-state index in [1.807, 2.05) is 5.32 Å². The van der Waals surface area contributed by atoms with Crippen LogP contribution in [0.5, 0.6) is 0 Å². The molecular formula is C17H12F4N2O5. The van der Waals surface area contributed by atoms with Crippen molar-refractivity contribution in [3.05, 3.63) is 69.5 Å². The van der Waals surface area contributed by atoms with Gasteiger partial charge in [-0.3, -0.25) is 19.7 Å². The zero-order chi connectivity index (χ0) is 20.9. The van der Waals surface area contributed by atoms with Crippen molar-refractivity contribution in [1.29, 1.82) is 0 Å². The van der Waals surface area contributed by atoms with E-state index >= 15 is 0 Å². The van der Waals surface area contributed by atoms with E-state index in [0.717, 1.165) is 18.2 Å². The number of carbonyl (C=O) groups is 2. The van der Waals surface area contributed by atoms with Crippen molar-refractivity contribution in [1.82, 2.24) is 0 Å². The van der Waals surface area contributed by atoms with Crippen LogP contribution in [0.15, 0.2) is 42.5 Å². The molecular weight excluding hydrogens is 388 g/mol. The Kier molecular flexibility index (Phi) is 6.29. The second-order valence-corrected chi connectivity index (χ2v) is 5.46. The summed E-state index contributed by atoms with van der Waals surface area (Å²) >= 11 is 0. The zero-order valence-electron chi connectivity index (χ0n) is 14.0. The second kappa shape index (κ2) is 8.46. The van der Waals surface area contributed by atoms with Gasteiger partial charge in [0.05, 0.1) is 22.6 Å². The Balaban J connectivity index is 2.02. The topological polar surface area (TPSA) is 98.5 Å². The van der Waals surface area contributed by atoms with Gasteiger partial charge in [0.15, 0.2) is 6.61 Å². The van der Waals surface area contributed by atoms with Gasteiger partial charge in [0.1, 0.15) is 5.82 Å². The third-order valence-corrected chi connectivity index (χ3v) is 3.45. The standard InChI is InChI=1S/C17H12F4N2O5/c18-13-4-2-1-3-10(13)7-16(25)28-9-15(24)22-14-6-5-11(23(26)27)8-12(14)17(19,20)21/h1-6,8H,7,9H2,(H,22,24). The summed E-state index contributed by atoms with van der Waals surface area (Å²) in [4.78, 5) is 33.0. The predicted molar refractivity (Wildman–Crippen MR) is 87.8 cm³/mol. The van der Waals surface area contributed by atoms with E-state index in [9.17, 15) is 37.3 Å². The number of halogens is 4. The van der Waals surface area contributed by atoms with Crippen LogP contribution >= 0.6 is 0 Å². The van der Waals surface area contributed by atoms with Gasteiger partial charge in [-0.25, -0.2) is 4.39 Å². The summed E-state index contributed by atoms with van der Waals surface area (Å²) in [5.74, 6) is -2.70. The Hall–Kier alpha value is -3.50. The summed E-state index contributed by atoms with van der Waals surface area (Å²) in [7, 11) is 0. The molecule has 1 amide bonds. The number of carbonyl (C=O) groups excluding carboxylic acids is 2. The number of ether oxygens (including phenoxy) is 1. The number of nitrogens with zero attached hydrogens (tertiary/aromatic N) is 1. The summed E-state index contributed by atoms with van der Waals surface area (Å²) in [6, 6.07) is 7.16. The molecule has 2 rings (SSSR count). The quantitative estimate of drug-likeness (QED) is 0.347. The molecule has 0 heterocycles. The van der Waals surface area contributed by atoms with Gasteiger partial charge in [-0.1, -0.05) is 18.2 Å².